The number of rotatable bonds is 13. The van der Waals surface area contributed by atoms with Gasteiger partial charge in [-0.25, -0.2) is 0 Å². The Bertz CT molecular complexity index is 1770. The van der Waals surface area contributed by atoms with Crippen LogP contribution in [0.4, 0.5) is 0 Å². The van der Waals surface area contributed by atoms with Crippen molar-refractivity contribution in [2.45, 2.75) is 228 Å². The van der Waals surface area contributed by atoms with Gasteiger partial charge in [0.2, 0.25) is 0 Å². The summed E-state index contributed by atoms with van der Waals surface area (Å²) >= 11 is 0. The van der Waals surface area contributed by atoms with Crippen LogP contribution in [-0.4, -0.2) is 213 Å². The van der Waals surface area contributed by atoms with Crippen molar-refractivity contribution in [2.24, 2.45) is 39.4 Å². The summed E-state index contributed by atoms with van der Waals surface area (Å²) in [5, 5.41) is 154. The second-order valence-electron chi connectivity index (χ2n) is 23.2. The lowest BCUT2D eigenvalue weighted by Crippen LogP contribution is -2.72. The summed E-state index contributed by atoms with van der Waals surface area (Å²) in [6.45, 7) is 14.0. The second kappa shape index (κ2) is 19.7. The van der Waals surface area contributed by atoms with E-state index in [1.54, 1.807) is 6.92 Å². The predicted octanol–water partition coefficient (Wildman–Crippen LogP) is -1.94. The Hall–Kier alpha value is -1.06. The summed E-state index contributed by atoms with van der Waals surface area (Å²) in [6, 6.07) is 0. The largest absolute Gasteiger partial charge is 0.394 e. The maximum Gasteiger partial charge on any atom is 0.187 e. The number of aliphatic hydroxyl groups is 14. The first-order chi connectivity index (χ1) is 31.6. The molecular weight excluding hydrogens is 897 g/mol. The maximum atomic E-state index is 13.3. The summed E-state index contributed by atoms with van der Waals surface area (Å²) in [6.07, 6.45) is -21.5. The zero-order valence-electron chi connectivity index (χ0n) is 40.7. The number of hydrogen-bond donors (Lipinski definition) is 14. The van der Waals surface area contributed by atoms with Gasteiger partial charge in [-0.2, -0.15) is 0 Å². The molecule has 0 aromatic carbocycles. The Morgan fingerprint density at radius 1 is 0.632 bits per heavy atom. The molecule has 0 bridgehead atoms. The molecule has 20 nitrogen and oxygen atoms in total. The first-order valence-electron chi connectivity index (χ1n) is 24.6. The SMILES string of the molecule is CC(C)=CCC[C@](C)(O[C@@H]1O[C@H](CO)[C@@H](O)[C@H](O)[C@H]1O)[C@@]1(O)CC[C@]2(C)[C@@H]1[C@H](O)C[C@@H]1[C@@]3(C)CC[C@H](O[C@@H]4O[C@H](CO[C@@H]5O[C@H](CO)[C@@H](O)[C@H](O)[C@H]5O)[C@@H](O)[C@H](O)[C@H]4O)C(C)(C)[C@@H]3[C@@H](O)C[C@]12C. The van der Waals surface area contributed by atoms with Crippen LogP contribution in [0.15, 0.2) is 11.6 Å². The second-order valence-corrected chi connectivity index (χ2v) is 23.2. The fourth-order valence-corrected chi connectivity index (χ4v) is 15.0. The normalized spacial score (nSPS) is 53.4. The molecule has 0 unspecified atom stereocenters. The van der Waals surface area contributed by atoms with E-state index in [0.717, 1.165) is 5.57 Å². The molecule has 394 valence electrons. The highest BCUT2D eigenvalue weighted by Gasteiger charge is 2.77. The average Bonchev–Trinajstić information content (AvgIpc) is 3.58. The van der Waals surface area contributed by atoms with Crippen molar-refractivity contribution in [3.63, 3.8) is 0 Å². The minimum Gasteiger partial charge on any atom is -0.394 e. The summed E-state index contributed by atoms with van der Waals surface area (Å²) in [7, 11) is 0. The summed E-state index contributed by atoms with van der Waals surface area (Å²) < 4.78 is 36.1. The number of hydrogen-bond acceptors (Lipinski definition) is 20. The fourth-order valence-electron chi connectivity index (χ4n) is 15.0. The number of aliphatic hydroxyl groups excluding tert-OH is 13. The lowest BCUT2D eigenvalue weighted by molar-refractivity contribution is -0.358. The van der Waals surface area contributed by atoms with Gasteiger partial charge >= 0.3 is 0 Å². The van der Waals surface area contributed by atoms with Crippen LogP contribution in [0.3, 0.4) is 0 Å². The monoisotopic (exact) mass is 979 g/mol. The number of allylic oxidation sites excluding steroid dienone is 2. The van der Waals surface area contributed by atoms with Crippen LogP contribution < -0.4 is 0 Å². The van der Waals surface area contributed by atoms with Crippen LogP contribution in [-0.2, 0) is 28.4 Å². The van der Waals surface area contributed by atoms with Gasteiger partial charge in [-0.1, -0.05) is 46.3 Å². The third kappa shape index (κ3) is 8.78. The lowest BCUT2D eigenvalue weighted by atomic mass is 9.34. The molecule has 0 spiro atoms. The van der Waals surface area contributed by atoms with Crippen molar-refractivity contribution >= 4 is 0 Å². The molecule has 20 heteroatoms. The molecule has 26 atom stereocenters. The standard InChI is InChI=1S/C48H82O20/c1-21(2)10-9-12-47(8,68-42-37(61)33(57)30(54)25(19-50)65-42)48(62)15-14-45(6)39(48)22(51)16-27-44(5)13-11-28(43(3,4)38(44)23(52)17-46(27,45)7)67-41-36(60)34(58)31(55)26(66-41)20-63-40-35(59)32(56)29(53)24(18-49)64-40/h10,22-42,49-62H,9,11-20H2,1-8H3/t22-,23+,24-,25-,26-,27-,28+,29-,30-,31-,32+,33+,34+,35-,36-,37-,38+,39+,40-,41+,42+,44-,45-,46-,47+,48-/m1/s1. The molecule has 7 aliphatic rings. The van der Waals surface area contributed by atoms with Crippen LogP contribution in [0.1, 0.15) is 107 Å². The summed E-state index contributed by atoms with van der Waals surface area (Å²) in [5.74, 6) is -1.39. The van der Waals surface area contributed by atoms with Gasteiger partial charge in [-0.15, -0.1) is 0 Å². The maximum absolute atomic E-state index is 13.3. The van der Waals surface area contributed by atoms with Gasteiger partial charge < -0.3 is 99.9 Å². The molecule has 14 N–H and O–H groups in total. The molecular formula is C48H82O20. The molecule has 0 aromatic rings. The number of ether oxygens (including phenoxy) is 6. The highest BCUT2D eigenvalue weighted by Crippen LogP contribution is 2.76. The third-order valence-corrected chi connectivity index (χ3v) is 18.8. The van der Waals surface area contributed by atoms with Gasteiger partial charge in [0.15, 0.2) is 18.9 Å². The Morgan fingerprint density at radius 2 is 1.16 bits per heavy atom. The van der Waals surface area contributed by atoms with Crippen molar-refractivity contribution in [2.75, 3.05) is 19.8 Å². The van der Waals surface area contributed by atoms with E-state index in [0.29, 0.717) is 32.1 Å². The minimum atomic E-state index is -1.76. The van der Waals surface area contributed by atoms with Crippen molar-refractivity contribution in [3.05, 3.63) is 11.6 Å². The topological polar surface area (TPSA) is 339 Å². The number of fused-ring (bicyclic) bond motifs is 5. The van der Waals surface area contributed by atoms with Crippen LogP contribution in [0.2, 0.25) is 0 Å². The van der Waals surface area contributed by atoms with Gasteiger partial charge in [-0.3, -0.25) is 0 Å². The van der Waals surface area contributed by atoms with E-state index in [1.165, 1.54) is 0 Å². The Balaban J connectivity index is 1.12. The lowest BCUT2D eigenvalue weighted by Gasteiger charge is -2.72. The molecule has 0 amide bonds. The van der Waals surface area contributed by atoms with Crippen molar-refractivity contribution < 1.29 is 99.9 Å². The van der Waals surface area contributed by atoms with Crippen molar-refractivity contribution in [1.82, 2.24) is 0 Å². The quantitative estimate of drug-likeness (QED) is 0.0705. The molecule has 3 heterocycles. The molecule has 7 rings (SSSR count). The fraction of sp³-hybridized carbons (Fsp3) is 0.958. The molecule has 3 saturated heterocycles. The summed E-state index contributed by atoms with van der Waals surface area (Å²) in [5.41, 5.74) is -5.06. The van der Waals surface area contributed by atoms with E-state index in [2.05, 4.69) is 20.8 Å². The van der Waals surface area contributed by atoms with Crippen molar-refractivity contribution in [1.29, 1.82) is 0 Å². The molecule has 0 radical (unpaired) electrons. The van der Waals surface area contributed by atoms with Gasteiger partial charge in [0.05, 0.1) is 49.3 Å². The minimum absolute atomic E-state index is 0.178. The first-order valence-corrected chi connectivity index (χ1v) is 24.6. The average molecular weight is 979 g/mol. The van der Waals surface area contributed by atoms with E-state index < -0.39 is 175 Å². The van der Waals surface area contributed by atoms with Crippen molar-refractivity contribution in [3.8, 4) is 0 Å². The molecule has 7 fully saturated rings. The van der Waals surface area contributed by atoms with Gasteiger partial charge in [0, 0.05) is 5.92 Å². The Labute approximate surface area is 398 Å². The Kier molecular flexibility index (Phi) is 15.8. The van der Waals surface area contributed by atoms with Crippen LogP contribution in [0.25, 0.3) is 0 Å². The van der Waals surface area contributed by atoms with E-state index >= 15 is 0 Å². The smallest absolute Gasteiger partial charge is 0.187 e. The highest BCUT2D eigenvalue weighted by molar-refractivity contribution is 5.25. The third-order valence-electron chi connectivity index (χ3n) is 18.8. The molecule has 4 aliphatic carbocycles. The van der Waals surface area contributed by atoms with E-state index in [-0.39, 0.29) is 25.2 Å². The van der Waals surface area contributed by atoms with E-state index in [9.17, 15) is 71.5 Å². The summed E-state index contributed by atoms with van der Waals surface area (Å²) in [4.78, 5) is 0. The van der Waals surface area contributed by atoms with E-state index in [4.69, 9.17) is 28.4 Å². The zero-order chi connectivity index (χ0) is 50.4. The molecule has 68 heavy (non-hydrogen) atoms. The molecule has 0 aromatic heterocycles. The van der Waals surface area contributed by atoms with Gasteiger partial charge in [0.1, 0.15) is 73.2 Å². The van der Waals surface area contributed by atoms with E-state index in [1.807, 2.05) is 33.8 Å². The van der Waals surface area contributed by atoms with Crippen LogP contribution in [0, 0.1) is 39.4 Å². The zero-order valence-corrected chi connectivity index (χ0v) is 40.7. The Morgan fingerprint density at radius 3 is 1.74 bits per heavy atom. The predicted molar refractivity (Wildman–Crippen MR) is 236 cm³/mol. The van der Waals surface area contributed by atoms with Crippen LogP contribution >= 0.6 is 0 Å². The molecule has 4 saturated carbocycles. The highest BCUT2D eigenvalue weighted by atomic mass is 16.7. The van der Waals surface area contributed by atoms with Crippen LogP contribution in [0.5, 0.6) is 0 Å². The van der Waals surface area contributed by atoms with Gasteiger partial charge in [-0.05, 0) is 106 Å². The van der Waals surface area contributed by atoms with Gasteiger partial charge in [0.25, 0.3) is 0 Å². The first kappa shape index (κ1) is 54.7. The molecule has 3 aliphatic heterocycles.